The fourth-order valence-electron chi connectivity index (χ4n) is 2.42. The molecule has 1 amide bonds. The highest BCUT2D eigenvalue weighted by molar-refractivity contribution is 8.26. The molecule has 5 nitrogen and oxygen atoms in total. The highest BCUT2D eigenvalue weighted by atomic mass is 32.2. The molecule has 2 aromatic rings. The second kappa shape index (κ2) is 7.72. The minimum Gasteiger partial charge on any atom is -0.307 e. The van der Waals surface area contributed by atoms with E-state index in [0.717, 1.165) is 12.1 Å². The van der Waals surface area contributed by atoms with Crippen LogP contribution in [-0.2, 0) is 11.2 Å². The molecule has 1 N–H and O–H groups in total. The minimum atomic E-state index is -0.184. The van der Waals surface area contributed by atoms with Crippen LogP contribution in [0.2, 0.25) is 0 Å². The third-order valence-corrected chi connectivity index (χ3v) is 4.86. The van der Waals surface area contributed by atoms with Crippen molar-refractivity contribution in [3.8, 4) is 5.69 Å². The molecule has 1 aliphatic heterocycles. The molecule has 0 bridgehead atoms. The van der Waals surface area contributed by atoms with Gasteiger partial charge in [0.15, 0.2) is 0 Å². The average molecular weight is 358 g/mol. The van der Waals surface area contributed by atoms with Crippen molar-refractivity contribution in [2.75, 3.05) is 0 Å². The van der Waals surface area contributed by atoms with Gasteiger partial charge in [0.1, 0.15) is 10.0 Å². The molecule has 2 heterocycles. The molecule has 1 saturated heterocycles. The van der Waals surface area contributed by atoms with Crippen LogP contribution in [0.4, 0.5) is 0 Å². The van der Waals surface area contributed by atoms with Crippen LogP contribution in [0.5, 0.6) is 0 Å². The Bertz CT molecular complexity index is 780. The Kier molecular flexibility index (Phi) is 5.42. The van der Waals surface area contributed by atoms with E-state index in [2.05, 4.69) is 34.7 Å². The Morgan fingerprint density at radius 1 is 1.29 bits per heavy atom. The van der Waals surface area contributed by atoms with Gasteiger partial charge in [-0.15, -0.1) is 5.10 Å². The summed E-state index contributed by atoms with van der Waals surface area (Å²) in [6.45, 7) is 2.21. The number of rotatable bonds is 6. The summed E-state index contributed by atoms with van der Waals surface area (Å²) in [5.74, 6) is -0.184. The van der Waals surface area contributed by atoms with E-state index < -0.39 is 0 Å². The number of hydrogen-bond acceptors (Lipinski definition) is 5. The van der Waals surface area contributed by atoms with Gasteiger partial charge in [-0.05, 0) is 36.6 Å². The summed E-state index contributed by atoms with van der Waals surface area (Å²) in [4.78, 5) is 12.2. The number of carbonyl (C=O) groups excluding carboxylic acids is 1. The van der Waals surface area contributed by atoms with E-state index in [9.17, 15) is 4.79 Å². The van der Waals surface area contributed by atoms with Crippen LogP contribution in [0.1, 0.15) is 37.4 Å². The molecule has 124 valence electrons. The Hall–Kier alpha value is -1.99. The summed E-state index contributed by atoms with van der Waals surface area (Å²) in [6.07, 6.45) is 8.32. The summed E-state index contributed by atoms with van der Waals surface area (Å²) < 4.78 is 2.18. The number of unbranched alkanes of at least 4 members (excludes halogenated alkanes) is 2. The van der Waals surface area contributed by atoms with Gasteiger partial charge in [0.25, 0.3) is 5.91 Å². The van der Waals surface area contributed by atoms with Crippen LogP contribution in [0.3, 0.4) is 0 Å². The number of aryl methyl sites for hydroxylation is 1. The van der Waals surface area contributed by atoms with Crippen molar-refractivity contribution in [1.82, 2.24) is 20.3 Å². The zero-order valence-electron chi connectivity index (χ0n) is 13.4. The summed E-state index contributed by atoms with van der Waals surface area (Å²) >= 11 is 6.21. The number of thiocarbonyl (C=S) groups is 1. The van der Waals surface area contributed by atoms with E-state index in [1.54, 1.807) is 17.0 Å². The van der Waals surface area contributed by atoms with Crippen molar-refractivity contribution >= 4 is 40.3 Å². The Morgan fingerprint density at radius 2 is 2.08 bits per heavy atom. The topological polar surface area (TPSA) is 59.8 Å². The first kappa shape index (κ1) is 16.9. The molecule has 0 unspecified atom stereocenters. The Balaban J connectivity index is 1.70. The number of nitrogens with one attached hydrogen (secondary N) is 1. The monoisotopic (exact) mass is 358 g/mol. The van der Waals surface area contributed by atoms with Crippen LogP contribution in [0, 0.1) is 0 Å². The first-order chi connectivity index (χ1) is 11.7. The predicted octanol–water partition coefficient (Wildman–Crippen LogP) is 3.49. The summed E-state index contributed by atoms with van der Waals surface area (Å²) in [5, 5.41) is 10.8. The van der Waals surface area contributed by atoms with Gasteiger partial charge in [-0.1, -0.05) is 61.1 Å². The van der Waals surface area contributed by atoms with Gasteiger partial charge in [0.05, 0.1) is 16.8 Å². The molecule has 3 rings (SSSR count). The highest BCUT2D eigenvalue weighted by Gasteiger charge is 2.22. The van der Waals surface area contributed by atoms with Crippen molar-refractivity contribution in [1.29, 1.82) is 0 Å². The summed E-state index contributed by atoms with van der Waals surface area (Å²) in [5.41, 5.74) is 2.91. The van der Waals surface area contributed by atoms with Crippen LogP contribution < -0.4 is 5.32 Å². The highest BCUT2D eigenvalue weighted by Crippen LogP contribution is 2.25. The zero-order valence-corrected chi connectivity index (χ0v) is 15.0. The molecule has 7 heteroatoms. The molecule has 24 heavy (non-hydrogen) atoms. The first-order valence-corrected chi connectivity index (χ1v) is 9.14. The molecule has 1 aromatic heterocycles. The van der Waals surface area contributed by atoms with E-state index in [0.29, 0.717) is 14.9 Å². The van der Waals surface area contributed by atoms with E-state index in [1.165, 1.54) is 36.6 Å². The van der Waals surface area contributed by atoms with Crippen molar-refractivity contribution in [3.05, 3.63) is 46.6 Å². The first-order valence-electron chi connectivity index (χ1n) is 7.92. The number of nitrogens with zero attached hydrogens (tertiary/aromatic N) is 3. The third kappa shape index (κ3) is 4.10. The van der Waals surface area contributed by atoms with E-state index >= 15 is 0 Å². The summed E-state index contributed by atoms with van der Waals surface area (Å²) in [7, 11) is 0. The van der Waals surface area contributed by atoms with Crippen LogP contribution in [0.15, 0.2) is 35.4 Å². The second-order valence-corrected chi connectivity index (χ2v) is 7.28. The van der Waals surface area contributed by atoms with Crippen molar-refractivity contribution in [2.45, 2.75) is 32.6 Å². The summed E-state index contributed by atoms with van der Waals surface area (Å²) in [6, 6.07) is 8.34. The maximum absolute atomic E-state index is 11.7. The van der Waals surface area contributed by atoms with Gasteiger partial charge >= 0.3 is 0 Å². The van der Waals surface area contributed by atoms with Gasteiger partial charge in [-0.25, -0.2) is 4.68 Å². The van der Waals surface area contributed by atoms with Gasteiger partial charge in [-0.2, -0.15) is 0 Å². The number of hydrogen-bond donors (Lipinski definition) is 1. The lowest BCUT2D eigenvalue weighted by Gasteiger charge is -2.03. The molecular formula is C17H18N4OS2. The lowest BCUT2D eigenvalue weighted by Crippen LogP contribution is -2.17. The largest absolute Gasteiger partial charge is 0.307 e. The fraction of sp³-hybridized carbons (Fsp3) is 0.294. The Labute approximate surface area is 150 Å². The number of carbonyl (C=O) groups is 1. The van der Waals surface area contributed by atoms with E-state index in [1.807, 2.05) is 12.1 Å². The van der Waals surface area contributed by atoms with Crippen LogP contribution in [0.25, 0.3) is 11.8 Å². The smallest absolute Gasteiger partial charge is 0.263 e. The molecular weight excluding hydrogens is 340 g/mol. The normalized spacial score (nSPS) is 16.0. The van der Waals surface area contributed by atoms with E-state index in [-0.39, 0.29) is 5.91 Å². The van der Waals surface area contributed by atoms with Crippen molar-refractivity contribution in [2.24, 2.45) is 0 Å². The van der Waals surface area contributed by atoms with Gasteiger partial charge in [0, 0.05) is 0 Å². The maximum atomic E-state index is 11.7. The molecule has 0 spiro atoms. The van der Waals surface area contributed by atoms with Gasteiger partial charge < -0.3 is 5.32 Å². The second-order valence-electron chi connectivity index (χ2n) is 5.56. The number of thioether (sulfide) groups is 1. The fourth-order valence-corrected chi connectivity index (χ4v) is 3.45. The number of benzene rings is 1. The molecule has 0 saturated carbocycles. The minimum absolute atomic E-state index is 0.184. The predicted molar refractivity (Wildman–Crippen MR) is 101 cm³/mol. The molecule has 0 radical (unpaired) electrons. The SMILES string of the molecule is CCCCCc1ccc(-n2cc(/C=C3\SC(=S)NC3=O)nn2)cc1. The van der Waals surface area contributed by atoms with Gasteiger partial charge in [0.2, 0.25) is 0 Å². The molecule has 0 atom stereocenters. The molecule has 1 aromatic carbocycles. The standard InChI is InChI=1S/C17H18N4OS2/c1-2-3-4-5-12-6-8-14(9-7-12)21-11-13(19-20-21)10-15-16(22)18-17(23)24-15/h6-11H,2-5H2,1H3,(H,18,22,23)/b15-10-. The Morgan fingerprint density at radius 3 is 2.75 bits per heavy atom. The number of aromatic nitrogens is 3. The molecule has 0 aliphatic carbocycles. The lowest BCUT2D eigenvalue weighted by atomic mass is 10.1. The quantitative estimate of drug-likeness (QED) is 0.487. The maximum Gasteiger partial charge on any atom is 0.263 e. The number of amides is 1. The third-order valence-electron chi connectivity index (χ3n) is 3.70. The van der Waals surface area contributed by atoms with E-state index in [4.69, 9.17) is 12.2 Å². The van der Waals surface area contributed by atoms with Crippen LogP contribution in [-0.4, -0.2) is 25.2 Å². The van der Waals surface area contributed by atoms with Crippen molar-refractivity contribution < 1.29 is 4.79 Å². The molecule has 1 aliphatic rings. The lowest BCUT2D eigenvalue weighted by molar-refractivity contribution is -0.115. The van der Waals surface area contributed by atoms with Crippen molar-refractivity contribution in [3.63, 3.8) is 0 Å². The zero-order chi connectivity index (χ0) is 16.9. The molecule has 1 fully saturated rings. The average Bonchev–Trinajstić information content (AvgIpc) is 3.15. The van der Waals surface area contributed by atoms with Crippen LogP contribution >= 0.6 is 24.0 Å². The van der Waals surface area contributed by atoms with Gasteiger partial charge in [-0.3, -0.25) is 4.79 Å².